The Kier molecular flexibility index (Phi) is 5.00. The van der Waals surface area contributed by atoms with Crippen LogP contribution >= 0.6 is 0 Å². The number of hydrogen-bond donors (Lipinski definition) is 2. The van der Waals surface area contributed by atoms with Crippen LogP contribution in [0.3, 0.4) is 0 Å². The van der Waals surface area contributed by atoms with Crippen LogP contribution in [0.15, 0.2) is 41.0 Å². The molecule has 0 amide bonds. The highest BCUT2D eigenvalue weighted by Gasteiger charge is 2.15. The van der Waals surface area contributed by atoms with Gasteiger partial charge in [-0.1, -0.05) is 25.1 Å². The van der Waals surface area contributed by atoms with Crippen LogP contribution < -0.4 is 10.1 Å². The number of benzene rings is 1. The van der Waals surface area contributed by atoms with Crippen molar-refractivity contribution in [2.75, 3.05) is 7.11 Å². The van der Waals surface area contributed by atoms with Gasteiger partial charge in [-0.2, -0.15) is 0 Å². The highest BCUT2D eigenvalue weighted by molar-refractivity contribution is 5.87. The van der Waals surface area contributed by atoms with Crippen molar-refractivity contribution in [2.24, 2.45) is 0 Å². The van der Waals surface area contributed by atoms with Gasteiger partial charge in [0.25, 0.3) is 0 Å². The molecule has 0 bridgehead atoms. The Hall–Kier alpha value is -2.27. The Morgan fingerprint density at radius 3 is 2.81 bits per heavy atom. The summed E-state index contributed by atoms with van der Waals surface area (Å²) < 4.78 is 10.6. The van der Waals surface area contributed by atoms with E-state index in [4.69, 9.17) is 14.3 Å². The zero-order chi connectivity index (χ0) is 15.2. The summed E-state index contributed by atoms with van der Waals surface area (Å²) in [7, 11) is 1.65. The number of ether oxygens (including phenoxy) is 1. The lowest BCUT2D eigenvalue weighted by molar-refractivity contribution is 0.0696. The van der Waals surface area contributed by atoms with Gasteiger partial charge in [-0.05, 0) is 18.6 Å². The predicted octanol–water partition coefficient (Wildman–Crippen LogP) is 3.23. The van der Waals surface area contributed by atoms with E-state index in [2.05, 4.69) is 12.2 Å². The lowest BCUT2D eigenvalue weighted by atomic mass is 10.0. The molecule has 0 spiro atoms. The maximum atomic E-state index is 10.8. The van der Waals surface area contributed by atoms with Gasteiger partial charge in [-0.15, -0.1) is 0 Å². The number of hydrogen-bond acceptors (Lipinski definition) is 4. The van der Waals surface area contributed by atoms with Gasteiger partial charge < -0.3 is 19.6 Å². The number of methoxy groups -OCH3 is 1. The van der Waals surface area contributed by atoms with Crippen molar-refractivity contribution in [3.05, 3.63) is 53.5 Å². The topological polar surface area (TPSA) is 71.7 Å². The van der Waals surface area contributed by atoms with Crippen LogP contribution in [0.25, 0.3) is 0 Å². The highest BCUT2D eigenvalue weighted by atomic mass is 16.5. The molecule has 5 heteroatoms. The van der Waals surface area contributed by atoms with Crippen LogP contribution in [0.1, 0.15) is 41.1 Å². The lowest BCUT2D eigenvalue weighted by Crippen LogP contribution is -2.20. The summed E-state index contributed by atoms with van der Waals surface area (Å²) in [5, 5.41) is 12.2. The summed E-state index contributed by atoms with van der Waals surface area (Å²) in [5.41, 5.74) is 1.24. The second-order valence-corrected chi connectivity index (χ2v) is 4.69. The van der Waals surface area contributed by atoms with E-state index in [1.54, 1.807) is 7.11 Å². The van der Waals surface area contributed by atoms with E-state index in [-0.39, 0.29) is 11.6 Å². The molecule has 1 unspecified atom stereocenters. The molecule has 2 N–H and O–H groups in total. The molecule has 0 fully saturated rings. The van der Waals surface area contributed by atoms with Crippen LogP contribution in [-0.2, 0) is 6.54 Å². The van der Waals surface area contributed by atoms with E-state index in [9.17, 15) is 4.79 Å². The first-order valence-corrected chi connectivity index (χ1v) is 6.82. The summed E-state index contributed by atoms with van der Waals surface area (Å²) >= 11 is 0. The standard InChI is InChI=1S/C16H19NO4/c1-3-14(13-6-4-5-7-15(13)20-2)17-9-12-8-11(10-21-12)16(18)19/h4-8,10,14,17H,3,9H2,1-2H3,(H,18,19). The molecule has 0 saturated heterocycles. The van der Waals surface area contributed by atoms with Gasteiger partial charge in [0.2, 0.25) is 0 Å². The molecule has 112 valence electrons. The average Bonchev–Trinajstić information content (AvgIpc) is 2.97. The molecule has 21 heavy (non-hydrogen) atoms. The SMILES string of the molecule is CCC(NCc1cc(C(=O)O)co1)c1ccccc1OC. The molecule has 0 aliphatic carbocycles. The number of carbonyl (C=O) groups is 1. The van der Waals surface area contributed by atoms with Crippen molar-refractivity contribution in [1.29, 1.82) is 0 Å². The van der Waals surface area contributed by atoms with Gasteiger partial charge >= 0.3 is 5.97 Å². The molecule has 5 nitrogen and oxygen atoms in total. The van der Waals surface area contributed by atoms with Gasteiger partial charge in [-0.25, -0.2) is 4.79 Å². The predicted molar refractivity (Wildman–Crippen MR) is 78.5 cm³/mol. The van der Waals surface area contributed by atoms with E-state index in [1.165, 1.54) is 12.3 Å². The Labute approximate surface area is 123 Å². The van der Waals surface area contributed by atoms with Gasteiger partial charge in [0, 0.05) is 11.6 Å². The molecular formula is C16H19NO4. The molecule has 1 aromatic carbocycles. The van der Waals surface area contributed by atoms with Crippen molar-refractivity contribution >= 4 is 5.97 Å². The van der Waals surface area contributed by atoms with Gasteiger partial charge in [0.1, 0.15) is 17.8 Å². The Morgan fingerprint density at radius 2 is 2.19 bits per heavy atom. The Bertz CT molecular complexity index is 606. The minimum atomic E-state index is -0.984. The number of carboxylic acids is 1. The quantitative estimate of drug-likeness (QED) is 0.818. The molecule has 1 aromatic heterocycles. The minimum absolute atomic E-state index is 0.111. The molecule has 0 aliphatic rings. The van der Waals surface area contributed by atoms with Crippen LogP contribution in [0.4, 0.5) is 0 Å². The van der Waals surface area contributed by atoms with E-state index in [0.717, 1.165) is 17.7 Å². The third-order valence-electron chi connectivity index (χ3n) is 3.35. The average molecular weight is 289 g/mol. The van der Waals surface area contributed by atoms with Crippen LogP contribution in [0.5, 0.6) is 5.75 Å². The molecule has 0 saturated carbocycles. The first kappa shape index (κ1) is 15.1. The fourth-order valence-corrected chi connectivity index (χ4v) is 2.24. The van der Waals surface area contributed by atoms with Crippen LogP contribution in [0.2, 0.25) is 0 Å². The van der Waals surface area contributed by atoms with Crippen molar-refractivity contribution < 1.29 is 19.1 Å². The van der Waals surface area contributed by atoms with Gasteiger partial charge in [-0.3, -0.25) is 0 Å². The van der Waals surface area contributed by atoms with E-state index in [1.807, 2.05) is 24.3 Å². The van der Waals surface area contributed by atoms with E-state index in [0.29, 0.717) is 12.3 Å². The van der Waals surface area contributed by atoms with Gasteiger partial charge in [0.15, 0.2) is 0 Å². The lowest BCUT2D eigenvalue weighted by Gasteiger charge is -2.19. The number of furan rings is 1. The maximum Gasteiger partial charge on any atom is 0.338 e. The molecule has 2 rings (SSSR count). The molecule has 0 aliphatic heterocycles. The summed E-state index contributed by atoms with van der Waals surface area (Å²) in [4.78, 5) is 10.8. The first-order valence-electron chi connectivity index (χ1n) is 6.82. The minimum Gasteiger partial charge on any atom is -0.496 e. The number of carboxylic acid groups (broad SMARTS) is 1. The maximum absolute atomic E-state index is 10.8. The summed E-state index contributed by atoms with van der Waals surface area (Å²) in [6, 6.07) is 9.49. The van der Waals surface area contributed by atoms with E-state index < -0.39 is 5.97 Å². The fourth-order valence-electron chi connectivity index (χ4n) is 2.24. The third kappa shape index (κ3) is 3.64. The second kappa shape index (κ2) is 6.95. The smallest absolute Gasteiger partial charge is 0.338 e. The Morgan fingerprint density at radius 1 is 1.43 bits per heavy atom. The zero-order valence-corrected chi connectivity index (χ0v) is 12.1. The number of rotatable bonds is 7. The zero-order valence-electron chi connectivity index (χ0n) is 12.1. The largest absolute Gasteiger partial charge is 0.496 e. The Balaban J connectivity index is 2.06. The number of aromatic carboxylic acids is 1. The van der Waals surface area contributed by atoms with Crippen molar-refractivity contribution in [2.45, 2.75) is 25.9 Å². The molecule has 2 aromatic rings. The summed E-state index contributed by atoms with van der Waals surface area (Å²) in [6.45, 7) is 2.54. The van der Waals surface area contributed by atoms with Crippen LogP contribution in [-0.4, -0.2) is 18.2 Å². The third-order valence-corrected chi connectivity index (χ3v) is 3.35. The molecule has 1 heterocycles. The molecule has 0 radical (unpaired) electrons. The van der Waals surface area contributed by atoms with Crippen molar-refractivity contribution in [1.82, 2.24) is 5.32 Å². The number of para-hydroxylation sites is 1. The number of nitrogens with one attached hydrogen (secondary N) is 1. The normalized spacial score (nSPS) is 12.1. The van der Waals surface area contributed by atoms with Crippen molar-refractivity contribution in [3.63, 3.8) is 0 Å². The molecular weight excluding hydrogens is 270 g/mol. The van der Waals surface area contributed by atoms with Crippen LogP contribution in [0, 0.1) is 0 Å². The molecule has 1 atom stereocenters. The summed E-state index contributed by atoms with van der Waals surface area (Å²) in [6.07, 6.45) is 2.14. The van der Waals surface area contributed by atoms with E-state index >= 15 is 0 Å². The highest BCUT2D eigenvalue weighted by Crippen LogP contribution is 2.27. The fraction of sp³-hybridized carbons (Fsp3) is 0.312. The first-order chi connectivity index (χ1) is 10.2. The monoisotopic (exact) mass is 289 g/mol. The second-order valence-electron chi connectivity index (χ2n) is 4.69. The van der Waals surface area contributed by atoms with Crippen molar-refractivity contribution in [3.8, 4) is 5.75 Å². The van der Waals surface area contributed by atoms with Gasteiger partial charge in [0.05, 0.1) is 19.2 Å². The summed E-state index contributed by atoms with van der Waals surface area (Å²) in [5.74, 6) is 0.449.